The standard InChI is InChI=1S/C15H22N2O3S2/c1-5-10(2)16-22(19,20)13-6-7-15-14(8-13)17(12(4)18)9-11(3)21-15/h6-8,10-11,16H,5,9H2,1-4H3/t10-,11+/m0/s1. The van der Waals surface area contributed by atoms with E-state index < -0.39 is 10.0 Å². The largest absolute Gasteiger partial charge is 0.310 e. The first-order valence-corrected chi connectivity index (χ1v) is 9.72. The van der Waals surface area contributed by atoms with Crippen LogP contribution in [0.1, 0.15) is 34.1 Å². The van der Waals surface area contributed by atoms with E-state index >= 15 is 0 Å². The van der Waals surface area contributed by atoms with Crippen molar-refractivity contribution in [3.63, 3.8) is 0 Å². The number of anilines is 1. The molecule has 0 spiro atoms. The fraction of sp³-hybridized carbons (Fsp3) is 0.533. The molecule has 122 valence electrons. The van der Waals surface area contributed by atoms with Gasteiger partial charge in [0.2, 0.25) is 15.9 Å². The average molecular weight is 342 g/mol. The zero-order chi connectivity index (χ0) is 16.5. The lowest BCUT2D eigenvalue weighted by molar-refractivity contribution is -0.116. The summed E-state index contributed by atoms with van der Waals surface area (Å²) in [6.45, 7) is 7.91. The van der Waals surface area contributed by atoms with Crippen LogP contribution in [0.5, 0.6) is 0 Å². The molecule has 2 rings (SSSR count). The highest BCUT2D eigenvalue weighted by Crippen LogP contribution is 2.39. The van der Waals surface area contributed by atoms with E-state index in [1.54, 1.807) is 34.9 Å². The lowest BCUT2D eigenvalue weighted by Crippen LogP contribution is -2.37. The van der Waals surface area contributed by atoms with Crippen molar-refractivity contribution < 1.29 is 13.2 Å². The number of hydrogen-bond donors (Lipinski definition) is 1. The molecule has 0 bridgehead atoms. The second-order valence-electron chi connectivity index (χ2n) is 5.62. The van der Waals surface area contributed by atoms with E-state index in [1.807, 2.05) is 13.8 Å². The highest BCUT2D eigenvalue weighted by Gasteiger charge is 2.27. The smallest absolute Gasteiger partial charge is 0.240 e. The lowest BCUT2D eigenvalue weighted by Gasteiger charge is -2.32. The normalized spacial score (nSPS) is 19.6. The third kappa shape index (κ3) is 3.64. The second kappa shape index (κ2) is 6.60. The summed E-state index contributed by atoms with van der Waals surface area (Å²) in [5.41, 5.74) is 0.683. The van der Waals surface area contributed by atoms with Crippen LogP contribution in [0.4, 0.5) is 5.69 Å². The number of thioether (sulfide) groups is 1. The van der Waals surface area contributed by atoms with Crippen LogP contribution in [0.15, 0.2) is 28.0 Å². The van der Waals surface area contributed by atoms with Crippen LogP contribution in [0.3, 0.4) is 0 Å². The first-order chi connectivity index (χ1) is 10.2. The van der Waals surface area contributed by atoms with Crippen LogP contribution in [-0.2, 0) is 14.8 Å². The number of nitrogens with zero attached hydrogens (tertiary/aromatic N) is 1. The maximum atomic E-state index is 12.4. The molecule has 0 aromatic heterocycles. The number of benzene rings is 1. The summed E-state index contributed by atoms with van der Waals surface area (Å²) in [7, 11) is -3.56. The van der Waals surface area contributed by atoms with Crippen molar-refractivity contribution in [2.45, 2.75) is 55.2 Å². The molecule has 7 heteroatoms. The molecule has 22 heavy (non-hydrogen) atoms. The Hall–Kier alpha value is -1.05. The average Bonchev–Trinajstić information content (AvgIpc) is 2.45. The number of carbonyl (C=O) groups excluding carboxylic acids is 1. The molecule has 0 fully saturated rings. The fourth-order valence-electron chi connectivity index (χ4n) is 2.30. The third-order valence-electron chi connectivity index (χ3n) is 3.65. The minimum atomic E-state index is -3.56. The number of rotatable bonds is 4. The number of amides is 1. The van der Waals surface area contributed by atoms with Gasteiger partial charge in [0.1, 0.15) is 0 Å². The van der Waals surface area contributed by atoms with Crippen molar-refractivity contribution in [2.24, 2.45) is 0 Å². The molecule has 0 saturated carbocycles. The molecule has 0 unspecified atom stereocenters. The molecule has 0 aliphatic carbocycles. The highest BCUT2D eigenvalue weighted by atomic mass is 32.2. The van der Waals surface area contributed by atoms with Crippen LogP contribution in [-0.4, -0.2) is 32.2 Å². The van der Waals surface area contributed by atoms with Gasteiger partial charge in [0.25, 0.3) is 0 Å². The predicted molar refractivity (Wildman–Crippen MR) is 89.9 cm³/mol. The van der Waals surface area contributed by atoms with Crippen molar-refractivity contribution in [1.82, 2.24) is 4.72 Å². The number of nitrogens with one attached hydrogen (secondary N) is 1. The summed E-state index contributed by atoms with van der Waals surface area (Å²) in [5, 5.41) is 0.289. The van der Waals surface area contributed by atoms with E-state index in [-0.39, 0.29) is 22.1 Å². The number of sulfonamides is 1. The van der Waals surface area contributed by atoms with Gasteiger partial charge in [0, 0.05) is 29.7 Å². The van der Waals surface area contributed by atoms with Crippen LogP contribution >= 0.6 is 11.8 Å². The molecule has 1 amide bonds. The Bertz CT molecular complexity index is 673. The lowest BCUT2D eigenvalue weighted by atomic mass is 10.2. The van der Waals surface area contributed by atoms with Gasteiger partial charge in [-0.2, -0.15) is 0 Å². The molecule has 1 aromatic carbocycles. The van der Waals surface area contributed by atoms with Crippen LogP contribution < -0.4 is 9.62 Å². The Balaban J connectivity index is 2.42. The van der Waals surface area contributed by atoms with Gasteiger partial charge in [-0.05, 0) is 31.5 Å². The molecule has 0 radical (unpaired) electrons. The summed E-state index contributed by atoms with van der Waals surface area (Å²) in [6, 6.07) is 4.86. The molecule has 1 aliphatic heterocycles. The first kappa shape index (κ1) is 17.3. The summed E-state index contributed by atoms with van der Waals surface area (Å²) < 4.78 is 27.5. The van der Waals surface area contributed by atoms with E-state index in [0.29, 0.717) is 12.2 Å². The van der Waals surface area contributed by atoms with Crippen molar-refractivity contribution in [3.05, 3.63) is 18.2 Å². The minimum absolute atomic E-state index is 0.0715. The molecule has 5 nitrogen and oxygen atoms in total. The molecule has 2 atom stereocenters. The molecular formula is C15H22N2O3S2. The Morgan fingerprint density at radius 3 is 2.77 bits per heavy atom. The Morgan fingerprint density at radius 1 is 1.50 bits per heavy atom. The van der Waals surface area contributed by atoms with Gasteiger partial charge >= 0.3 is 0 Å². The first-order valence-electron chi connectivity index (χ1n) is 7.35. The molecular weight excluding hydrogens is 320 g/mol. The van der Waals surface area contributed by atoms with Gasteiger partial charge in [-0.3, -0.25) is 4.79 Å². The van der Waals surface area contributed by atoms with Crippen LogP contribution in [0, 0.1) is 0 Å². The predicted octanol–water partition coefficient (Wildman–Crippen LogP) is 2.61. The van der Waals surface area contributed by atoms with Crippen LogP contribution in [0.2, 0.25) is 0 Å². The molecule has 1 aromatic rings. The molecule has 0 saturated heterocycles. The number of fused-ring (bicyclic) bond motifs is 1. The Morgan fingerprint density at radius 2 is 2.18 bits per heavy atom. The minimum Gasteiger partial charge on any atom is -0.310 e. The zero-order valence-electron chi connectivity index (χ0n) is 13.3. The topological polar surface area (TPSA) is 66.5 Å². The van der Waals surface area contributed by atoms with E-state index in [2.05, 4.69) is 11.6 Å². The molecule has 1 N–H and O–H groups in total. The number of carbonyl (C=O) groups is 1. The zero-order valence-corrected chi connectivity index (χ0v) is 14.9. The van der Waals surface area contributed by atoms with E-state index in [0.717, 1.165) is 11.3 Å². The summed E-state index contributed by atoms with van der Waals surface area (Å²) in [6.07, 6.45) is 0.719. The quantitative estimate of drug-likeness (QED) is 0.913. The van der Waals surface area contributed by atoms with Crippen molar-refractivity contribution >= 4 is 33.4 Å². The van der Waals surface area contributed by atoms with E-state index in [4.69, 9.17) is 0 Å². The van der Waals surface area contributed by atoms with Gasteiger partial charge < -0.3 is 4.90 Å². The van der Waals surface area contributed by atoms with Gasteiger partial charge in [0.15, 0.2) is 0 Å². The van der Waals surface area contributed by atoms with Crippen molar-refractivity contribution in [2.75, 3.05) is 11.4 Å². The van der Waals surface area contributed by atoms with Gasteiger partial charge in [-0.1, -0.05) is 13.8 Å². The molecule has 1 aliphatic rings. The van der Waals surface area contributed by atoms with Gasteiger partial charge in [-0.25, -0.2) is 13.1 Å². The van der Waals surface area contributed by atoms with Crippen molar-refractivity contribution in [3.8, 4) is 0 Å². The Labute approximate surface area is 136 Å². The summed E-state index contributed by atoms with van der Waals surface area (Å²) >= 11 is 1.66. The Kier molecular flexibility index (Phi) is 5.19. The molecule has 1 heterocycles. The number of hydrogen-bond acceptors (Lipinski definition) is 4. The monoisotopic (exact) mass is 342 g/mol. The SMILES string of the molecule is CC[C@H](C)NS(=O)(=O)c1ccc2c(c1)N(C(C)=O)C[C@@H](C)S2. The van der Waals surface area contributed by atoms with Gasteiger partial charge in [0.05, 0.1) is 10.6 Å². The summed E-state index contributed by atoms with van der Waals surface area (Å²) in [5.74, 6) is -0.0715. The third-order valence-corrected chi connectivity index (χ3v) is 6.39. The highest BCUT2D eigenvalue weighted by molar-refractivity contribution is 8.00. The maximum Gasteiger partial charge on any atom is 0.240 e. The summed E-state index contributed by atoms with van der Waals surface area (Å²) in [4.78, 5) is 14.6. The fourth-order valence-corrected chi connectivity index (χ4v) is 4.74. The van der Waals surface area contributed by atoms with Crippen LogP contribution in [0.25, 0.3) is 0 Å². The van der Waals surface area contributed by atoms with Crippen molar-refractivity contribution in [1.29, 1.82) is 0 Å². The van der Waals surface area contributed by atoms with E-state index in [9.17, 15) is 13.2 Å². The second-order valence-corrected chi connectivity index (χ2v) is 8.81. The van der Waals surface area contributed by atoms with Gasteiger partial charge in [-0.15, -0.1) is 11.8 Å². The van der Waals surface area contributed by atoms with E-state index in [1.165, 1.54) is 6.92 Å². The maximum absolute atomic E-state index is 12.4.